The summed E-state index contributed by atoms with van der Waals surface area (Å²) in [6.07, 6.45) is 1.58. The molecule has 1 aliphatic rings. The standard InChI is InChI=1S/C16H24N4O2/c1-11(2)19-7-8-20(14(10-19)15(21)17-4)16(22)13-6-5-12(3)18-9-13/h5-6,9,11,14H,7-8,10H2,1-4H3,(H,17,21)/t14-/m0/s1. The molecule has 1 atom stereocenters. The molecule has 22 heavy (non-hydrogen) atoms. The average Bonchev–Trinajstić information content (AvgIpc) is 2.53. The lowest BCUT2D eigenvalue weighted by Gasteiger charge is -2.42. The third-order valence-electron chi connectivity index (χ3n) is 4.11. The number of hydrogen-bond acceptors (Lipinski definition) is 4. The molecule has 6 heteroatoms. The van der Waals surface area contributed by atoms with Gasteiger partial charge >= 0.3 is 0 Å². The Morgan fingerprint density at radius 2 is 2.05 bits per heavy atom. The van der Waals surface area contributed by atoms with E-state index in [1.165, 1.54) is 0 Å². The molecule has 0 spiro atoms. The zero-order valence-electron chi connectivity index (χ0n) is 13.7. The van der Waals surface area contributed by atoms with Crippen LogP contribution in [0.3, 0.4) is 0 Å². The number of amides is 2. The molecular formula is C16H24N4O2. The highest BCUT2D eigenvalue weighted by molar-refractivity contribution is 5.97. The fourth-order valence-electron chi connectivity index (χ4n) is 2.67. The molecule has 1 aromatic rings. The molecule has 1 N–H and O–H groups in total. The third kappa shape index (κ3) is 3.44. The molecule has 2 amide bonds. The highest BCUT2D eigenvalue weighted by Gasteiger charge is 2.35. The van der Waals surface area contributed by atoms with Gasteiger partial charge in [-0.25, -0.2) is 0 Å². The minimum Gasteiger partial charge on any atom is -0.357 e. The summed E-state index contributed by atoms with van der Waals surface area (Å²) in [5.74, 6) is -0.261. The highest BCUT2D eigenvalue weighted by Crippen LogP contribution is 2.16. The summed E-state index contributed by atoms with van der Waals surface area (Å²) in [6, 6.07) is 3.47. The van der Waals surface area contributed by atoms with Gasteiger partial charge in [0, 0.05) is 44.6 Å². The van der Waals surface area contributed by atoms with E-state index in [-0.39, 0.29) is 11.8 Å². The van der Waals surface area contributed by atoms with Crippen molar-refractivity contribution in [3.8, 4) is 0 Å². The van der Waals surface area contributed by atoms with Crippen molar-refractivity contribution in [2.24, 2.45) is 0 Å². The van der Waals surface area contributed by atoms with Crippen molar-refractivity contribution in [2.45, 2.75) is 32.9 Å². The van der Waals surface area contributed by atoms with Crippen LogP contribution in [0, 0.1) is 6.92 Å². The lowest BCUT2D eigenvalue weighted by molar-refractivity contribution is -0.127. The van der Waals surface area contributed by atoms with Crippen LogP contribution in [0.4, 0.5) is 0 Å². The second kappa shape index (κ2) is 6.87. The molecule has 120 valence electrons. The predicted molar refractivity (Wildman–Crippen MR) is 84.6 cm³/mol. The molecule has 0 saturated carbocycles. The molecule has 2 heterocycles. The Morgan fingerprint density at radius 3 is 2.59 bits per heavy atom. The Hall–Kier alpha value is -1.95. The quantitative estimate of drug-likeness (QED) is 0.891. The number of carbonyl (C=O) groups excluding carboxylic acids is 2. The first-order chi connectivity index (χ1) is 10.4. The number of aromatic nitrogens is 1. The van der Waals surface area contributed by atoms with Crippen molar-refractivity contribution in [1.29, 1.82) is 0 Å². The van der Waals surface area contributed by atoms with Gasteiger partial charge in [0.2, 0.25) is 5.91 Å². The first-order valence-electron chi connectivity index (χ1n) is 7.63. The fraction of sp³-hybridized carbons (Fsp3) is 0.562. The summed E-state index contributed by atoms with van der Waals surface area (Å²) in [4.78, 5) is 32.9. The van der Waals surface area contributed by atoms with Crippen LogP contribution in [-0.4, -0.2) is 65.4 Å². The number of piperazine rings is 1. The van der Waals surface area contributed by atoms with Crippen LogP contribution in [0.5, 0.6) is 0 Å². The van der Waals surface area contributed by atoms with Crippen molar-refractivity contribution in [3.63, 3.8) is 0 Å². The maximum atomic E-state index is 12.7. The van der Waals surface area contributed by atoms with Crippen molar-refractivity contribution < 1.29 is 9.59 Å². The van der Waals surface area contributed by atoms with Crippen LogP contribution in [-0.2, 0) is 4.79 Å². The summed E-state index contributed by atoms with van der Waals surface area (Å²) >= 11 is 0. The van der Waals surface area contributed by atoms with E-state index in [9.17, 15) is 9.59 Å². The first-order valence-corrected chi connectivity index (χ1v) is 7.63. The lowest BCUT2D eigenvalue weighted by Crippen LogP contribution is -2.61. The summed E-state index contributed by atoms with van der Waals surface area (Å²) in [5, 5.41) is 2.66. The Kier molecular flexibility index (Phi) is 5.13. The van der Waals surface area contributed by atoms with Crippen LogP contribution in [0.2, 0.25) is 0 Å². The molecule has 0 bridgehead atoms. The van der Waals surface area contributed by atoms with Gasteiger partial charge < -0.3 is 10.2 Å². The zero-order chi connectivity index (χ0) is 16.3. The van der Waals surface area contributed by atoms with Gasteiger partial charge in [-0.3, -0.25) is 19.5 Å². The van der Waals surface area contributed by atoms with Gasteiger partial charge in [0.1, 0.15) is 6.04 Å². The van der Waals surface area contributed by atoms with Gasteiger partial charge in [-0.15, -0.1) is 0 Å². The van der Waals surface area contributed by atoms with Gasteiger partial charge in [0.05, 0.1) is 5.56 Å². The number of nitrogens with zero attached hydrogens (tertiary/aromatic N) is 3. The number of pyridine rings is 1. The fourth-order valence-corrected chi connectivity index (χ4v) is 2.67. The number of hydrogen-bond donors (Lipinski definition) is 1. The normalized spacial score (nSPS) is 19.3. The number of nitrogens with one attached hydrogen (secondary N) is 1. The molecule has 0 aromatic carbocycles. The minimum atomic E-state index is -0.463. The SMILES string of the molecule is CNC(=O)[C@@H]1CN(C(C)C)CCN1C(=O)c1ccc(C)nc1. The molecule has 1 aliphatic heterocycles. The Balaban J connectivity index is 2.21. The molecule has 2 rings (SSSR count). The van der Waals surface area contributed by atoms with Crippen LogP contribution < -0.4 is 5.32 Å². The van der Waals surface area contributed by atoms with Crippen molar-refractivity contribution in [1.82, 2.24) is 20.1 Å². The van der Waals surface area contributed by atoms with E-state index >= 15 is 0 Å². The Labute approximate surface area is 131 Å². The molecule has 1 saturated heterocycles. The van der Waals surface area contributed by atoms with Crippen LogP contribution in [0.1, 0.15) is 29.9 Å². The van der Waals surface area contributed by atoms with Crippen molar-refractivity contribution in [2.75, 3.05) is 26.7 Å². The van der Waals surface area contributed by atoms with Crippen molar-refractivity contribution in [3.05, 3.63) is 29.6 Å². The maximum Gasteiger partial charge on any atom is 0.256 e. The van der Waals surface area contributed by atoms with Crippen LogP contribution >= 0.6 is 0 Å². The van der Waals surface area contributed by atoms with E-state index in [2.05, 4.69) is 29.0 Å². The number of carbonyl (C=O) groups is 2. The van der Waals surface area contributed by atoms with E-state index in [0.29, 0.717) is 24.7 Å². The number of aryl methyl sites for hydroxylation is 1. The predicted octanol–water partition coefficient (Wildman–Crippen LogP) is 0.671. The maximum absolute atomic E-state index is 12.7. The van der Waals surface area contributed by atoms with E-state index in [4.69, 9.17) is 0 Å². The second-order valence-electron chi connectivity index (χ2n) is 5.91. The lowest BCUT2D eigenvalue weighted by atomic mass is 10.1. The number of rotatable bonds is 3. The molecule has 1 fully saturated rings. The summed E-state index contributed by atoms with van der Waals surface area (Å²) < 4.78 is 0. The van der Waals surface area contributed by atoms with Crippen molar-refractivity contribution >= 4 is 11.8 Å². The largest absolute Gasteiger partial charge is 0.357 e. The van der Waals surface area contributed by atoms with Gasteiger partial charge in [-0.1, -0.05) is 0 Å². The Morgan fingerprint density at radius 1 is 1.32 bits per heavy atom. The van der Waals surface area contributed by atoms with E-state index < -0.39 is 6.04 Å². The van der Waals surface area contributed by atoms with Gasteiger partial charge in [-0.05, 0) is 32.9 Å². The Bertz CT molecular complexity index is 542. The van der Waals surface area contributed by atoms with Gasteiger partial charge in [0.25, 0.3) is 5.91 Å². The topological polar surface area (TPSA) is 65.5 Å². The molecule has 0 aliphatic carbocycles. The highest BCUT2D eigenvalue weighted by atomic mass is 16.2. The molecular weight excluding hydrogens is 280 g/mol. The zero-order valence-corrected chi connectivity index (χ0v) is 13.7. The van der Waals surface area contributed by atoms with E-state index in [1.54, 1.807) is 24.2 Å². The smallest absolute Gasteiger partial charge is 0.256 e. The average molecular weight is 304 g/mol. The van der Waals surface area contributed by atoms with E-state index in [1.807, 2.05) is 13.0 Å². The third-order valence-corrected chi connectivity index (χ3v) is 4.11. The van der Waals surface area contributed by atoms with Gasteiger partial charge in [0.15, 0.2) is 0 Å². The summed E-state index contributed by atoms with van der Waals surface area (Å²) in [7, 11) is 1.60. The molecule has 0 radical (unpaired) electrons. The molecule has 0 unspecified atom stereocenters. The minimum absolute atomic E-state index is 0.126. The first kappa shape index (κ1) is 16.4. The van der Waals surface area contributed by atoms with Crippen LogP contribution in [0.15, 0.2) is 18.3 Å². The summed E-state index contributed by atoms with van der Waals surface area (Å²) in [6.45, 7) is 7.95. The number of likely N-dealkylation sites (N-methyl/N-ethyl adjacent to an activating group) is 1. The second-order valence-corrected chi connectivity index (χ2v) is 5.91. The van der Waals surface area contributed by atoms with E-state index in [0.717, 1.165) is 12.2 Å². The van der Waals surface area contributed by atoms with Crippen LogP contribution in [0.25, 0.3) is 0 Å². The molecule has 6 nitrogen and oxygen atoms in total. The molecule has 1 aromatic heterocycles. The van der Waals surface area contributed by atoms with Gasteiger partial charge in [-0.2, -0.15) is 0 Å². The monoisotopic (exact) mass is 304 g/mol. The summed E-state index contributed by atoms with van der Waals surface area (Å²) in [5.41, 5.74) is 1.39.